The van der Waals surface area contributed by atoms with Gasteiger partial charge in [0, 0.05) is 32.5 Å². The summed E-state index contributed by atoms with van der Waals surface area (Å²) in [5, 5.41) is 27.4. The van der Waals surface area contributed by atoms with E-state index in [2.05, 4.69) is 41.7 Å². The molecule has 0 bridgehead atoms. The van der Waals surface area contributed by atoms with E-state index in [9.17, 15) is 28.8 Å². The number of carbonyl (C=O) groups is 6. The number of amides is 4. The maximum atomic E-state index is 13.5. The van der Waals surface area contributed by atoms with Gasteiger partial charge in [0.2, 0.25) is 12.1 Å². The summed E-state index contributed by atoms with van der Waals surface area (Å²) < 4.78 is 0. The van der Waals surface area contributed by atoms with E-state index in [0.29, 0.717) is 16.8 Å². The van der Waals surface area contributed by atoms with Crippen molar-refractivity contribution in [2.75, 3.05) is 21.3 Å². The summed E-state index contributed by atoms with van der Waals surface area (Å²) in [4.78, 5) is 78.2. The second-order valence-electron chi connectivity index (χ2n) is 13.7. The van der Waals surface area contributed by atoms with Gasteiger partial charge in [-0.3, -0.25) is 28.8 Å². The van der Waals surface area contributed by atoms with Crippen LogP contribution in [0, 0.1) is 13.8 Å². The minimum atomic E-state index is -1.63. The van der Waals surface area contributed by atoms with Gasteiger partial charge >= 0.3 is 0 Å². The number of ketones is 2. The Balaban J connectivity index is 1.27. The Kier molecular flexibility index (Phi) is 16.9. The average Bonchev–Trinajstić information content (AvgIpc) is 3.21. The Morgan fingerprint density at radius 1 is 0.484 bits per heavy atom. The molecule has 0 heterocycles. The molecule has 4 amide bonds. The zero-order valence-corrected chi connectivity index (χ0v) is 39.4. The number of halogens is 8. The van der Waals surface area contributed by atoms with E-state index in [1.54, 1.807) is 13.8 Å². The van der Waals surface area contributed by atoms with Gasteiger partial charge in [0.05, 0.1) is 41.5 Å². The molecule has 5 aromatic rings. The Bertz CT molecular complexity index is 2800. The van der Waals surface area contributed by atoms with Gasteiger partial charge in [-0.05, 0) is 112 Å². The predicted molar refractivity (Wildman–Crippen MR) is 253 cm³/mol. The molecule has 0 aliphatic heterocycles. The Labute approximate surface area is 405 Å². The van der Waals surface area contributed by atoms with Gasteiger partial charge in [-0.25, -0.2) is 0 Å². The fourth-order valence-corrected chi connectivity index (χ4v) is 7.27. The third-order valence-electron chi connectivity index (χ3n) is 8.78. The van der Waals surface area contributed by atoms with Gasteiger partial charge in [-0.2, -0.15) is 20.5 Å². The molecule has 2 atom stereocenters. The lowest BCUT2D eigenvalue weighted by atomic mass is 10.1. The van der Waals surface area contributed by atoms with Gasteiger partial charge in [0.15, 0.2) is 11.6 Å². The first-order valence-electron chi connectivity index (χ1n) is 18.2. The maximum Gasteiger partial charge on any atom is 0.258 e. The summed E-state index contributed by atoms with van der Waals surface area (Å²) >= 11 is 49.3. The zero-order valence-electron chi connectivity index (χ0n) is 33.3. The van der Waals surface area contributed by atoms with Crippen LogP contribution in [0.15, 0.2) is 93.3 Å². The van der Waals surface area contributed by atoms with Gasteiger partial charge in [0.1, 0.15) is 11.4 Å². The molecule has 64 heavy (non-hydrogen) atoms. The molecule has 2 unspecified atom stereocenters. The highest BCUT2D eigenvalue weighted by molar-refractivity contribution is 6.46. The molecule has 22 heteroatoms. The van der Waals surface area contributed by atoms with Crippen LogP contribution in [0.3, 0.4) is 0 Å². The number of aryl methyl sites for hydroxylation is 2. The van der Waals surface area contributed by atoms with Crippen LogP contribution in [0.5, 0.6) is 0 Å². The number of hydrogen-bond donors (Lipinski definition) is 4. The van der Waals surface area contributed by atoms with Crippen LogP contribution in [0.1, 0.15) is 45.7 Å². The monoisotopic (exact) mass is 1020 g/mol. The van der Waals surface area contributed by atoms with E-state index in [1.165, 1.54) is 72.8 Å². The van der Waals surface area contributed by atoms with Crippen molar-refractivity contribution in [1.29, 1.82) is 0 Å². The molecule has 14 nitrogen and oxygen atoms in total. The Morgan fingerprint density at radius 2 is 0.875 bits per heavy atom. The summed E-state index contributed by atoms with van der Waals surface area (Å²) in [7, 11) is 0. The van der Waals surface area contributed by atoms with Crippen molar-refractivity contribution in [3.63, 3.8) is 0 Å². The van der Waals surface area contributed by atoms with Crippen molar-refractivity contribution in [1.82, 2.24) is 0 Å². The number of nitrogens with zero attached hydrogens (tertiary/aromatic N) is 4. The maximum absolute atomic E-state index is 13.5. The quantitative estimate of drug-likeness (QED) is 0.0484. The number of nitrogens with one attached hydrogen (secondary N) is 4. The van der Waals surface area contributed by atoms with Crippen molar-refractivity contribution in [3.8, 4) is 0 Å². The summed E-state index contributed by atoms with van der Waals surface area (Å²) in [5.74, 6) is -4.25. The fraction of sp³-hybridized carbons (Fsp3) is 0.143. The van der Waals surface area contributed by atoms with Crippen molar-refractivity contribution in [2.24, 2.45) is 20.5 Å². The number of rotatable bonds is 14. The van der Waals surface area contributed by atoms with E-state index >= 15 is 0 Å². The lowest BCUT2D eigenvalue weighted by Crippen LogP contribution is -2.33. The lowest BCUT2D eigenvalue weighted by Gasteiger charge is -2.17. The van der Waals surface area contributed by atoms with Gasteiger partial charge in [-0.15, -0.1) is 0 Å². The van der Waals surface area contributed by atoms with Crippen LogP contribution in [0.4, 0.5) is 34.1 Å². The first-order chi connectivity index (χ1) is 30.1. The summed E-state index contributed by atoms with van der Waals surface area (Å²) in [6.07, 6.45) is 0. The number of anilines is 4. The van der Waals surface area contributed by atoms with Crippen LogP contribution in [0.25, 0.3) is 0 Å². The highest BCUT2D eigenvalue weighted by Gasteiger charge is 2.27. The van der Waals surface area contributed by atoms with Crippen molar-refractivity contribution < 1.29 is 28.8 Å². The van der Waals surface area contributed by atoms with Crippen LogP contribution in [0.2, 0.25) is 40.2 Å². The van der Waals surface area contributed by atoms with Gasteiger partial charge < -0.3 is 21.3 Å². The molecule has 0 aliphatic carbocycles. The zero-order chi connectivity index (χ0) is 47.2. The molecule has 0 saturated heterocycles. The van der Waals surface area contributed by atoms with Crippen LogP contribution in [-0.2, 0) is 19.2 Å². The molecule has 5 aromatic carbocycles. The third-order valence-corrected chi connectivity index (χ3v) is 11.5. The SMILES string of the molecule is CC(=O)C(N=Nc1cc(C(=O)Nc2cc(Cl)cc(Cl)c2Cl)ccc1Cl)C(=O)Nc1cc(C)c(NC(=O)C(N=Nc2cc(C(=O)Nc3cc(Cl)cc(Cl)c3Cl)ccc2Cl)C(C)=O)c(C)c1. The molecule has 330 valence electrons. The van der Waals surface area contributed by atoms with Gasteiger partial charge in [-0.1, -0.05) is 92.8 Å². The molecule has 0 spiro atoms. The number of benzene rings is 5. The molecule has 0 fully saturated rings. The van der Waals surface area contributed by atoms with E-state index in [0.717, 1.165) is 13.8 Å². The molecule has 5 rings (SSSR count). The highest BCUT2D eigenvalue weighted by Crippen LogP contribution is 2.36. The van der Waals surface area contributed by atoms with Crippen molar-refractivity contribution in [2.45, 2.75) is 39.8 Å². The lowest BCUT2D eigenvalue weighted by molar-refractivity contribution is -0.127. The number of azo groups is 2. The molecular weight excluding hydrogens is 996 g/mol. The molecular formula is C42H30Cl8N8O6. The number of carbonyl (C=O) groups excluding carboxylic acids is 6. The second kappa shape index (κ2) is 21.7. The Hall–Kier alpha value is -5.16. The van der Waals surface area contributed by atoms with Crippen LogP contribution in [-0.4, -0.2) is 47.3 Å². The van der Waals surface area contributed by atoms with E-state index in [4.69, 9.17) is 92.8 Å². The van der Waals surface area contributed by atoms with Crippen molar-refractivity contribution in [3.05, 3.63) is 135 Å². The number of hydrogen-bond acceptors (Lipinski definition) is 10. The van der Waals surface area contributed by atoms with Crippen LogP contribution < -0.4 is 21.3 Å². The Morgan fingerprint density at radius 3 is 1.27 bits per heavy atom. The van der Waals surface area contributed by atoms with E-state index < -0.39 is 47.3 Å². The first-order valence-corrected chi connectivity index (χ1v) is 21.2. The van der Waals surface area contributed by atoms with E-state index in [-0.39, 0.29) is 79.7 Å². The normalized spacial score (nSPS) is 12.2. The van der Waals surface area contributed by atoms with Crippen molar-refractivity contribution >= 4 is 162 Å². The molecule has 0 aliphatic rings. The minimum Gasteiger partial charge on any atom is -0.324 e. The fourth-order valence-electron chi connectivity index (χ4n) is 5.66. The second-order valence-corrected chi connectivity index (χ2v) is 16.9. The molecule has 0 aromatic heterocycles. The third kappa shape index (κ3) is 12.5. The molecule has 0 saturated carbocycles. The van der Waals surface area contributed by atoms with E-state index in [1.807, 2.05) is 0 Å². The summed E-state index contributed by atoms with van der Waals surface area (Å²) in [5.41, 5.74) is 1.86. The predicted octanol–water partition coefficient (Wildman–Crippen LogP) is 13.4. The average molecular weight is 1030 g/mol. The number of Topliss-reactive ketones (excluding diaryl/α,β-unsaturated/α-hetero) is 2. The highest BCUT2D eigenvalue weighted by atomic mass is 35.5. The standard InChI is InChI=1S/C42H30Cl8N8O6/c1-17-9-25(51-41(63)37(19(3)59)57-55-30-11-21(5-7-26(30)45)39(61)52-32-15-23(43)13-28(47)34(32)49)10-18(2)36(17)54-42(64)38(20(4)60)58-56-31-12-22(6-8-27(31)46)40(62)53-33-16-24(44)14-29(48)35(33)50/h5-16,37-38H,1-4H3,(H,51,63)(H,52,61)(H,53,62)(H,54,64). The topological polar surface area (TPSA) is 200 Å². The molecule has 0 radical (unpaired) electrons. The largest absolute Gasteiger partial charge is 0.324 e. The molecule has 4 N–H and O–H groups in total. The minimum absolute atomic E-state index is 0.0229. The first kappa shape index (κ1) is 49.8. The smallest absolute Gasteiger partial charge is 0.258 e. The summed E-state index contributed by atoms with van der Waals surface area (Å²) in [6, 6.07) is 13.6. The van der Waals surface area contributed by atoms with Crippen LogP contribution >= 0.6 is 92.8 Å². The van der Waals surface area contributed by atoms with Gasteiger partial charge in [0.25, 0.3) is 23.6 Å². The summed E-state index contributed by atoms with van der Waals surface area (Å²) in [6.45, 7) is 5.55.